The summed E-state index contributed by atoms with van der Waals surface area (Å²) in [6.07, 6.45) is 4.21. The van der Waals surface area contributed by atoms with E-state index in [1.165, 1.54) is 0 Å². The minimum Gasteiger partial charge on any atom is -0.354 e. The van der Waals surface area contributed by atoms with E-state index in [-0.39, 0.29) is 11.8 Å². The van der Waals surface area contributed by atoms with Gasteiger partial charge in [0.25, 0.3) is 0 Å². The van der Waals surface area contributed by atoms with Crippen molar-refractivity contribution in [3.63, 3.8) is 0 Å². The highest BCUT2D eigenvalue weighted by atomic mass is 32.2. The van der Waals surface area contributed by atoms with Crippen LogP contribution in [-0.2, 0) is 9.59 Å². The van der Waals surface area contributed by atoms with E-state index in [2.05, 4.69) is 10.6 Å². The predicted molar refractivity (Wildman–Crippen MR) is 65.1 cm³/mol. The molecule has 1 aliphatic heterocycles. The number of nitrogens with one attached hydrogen (secondary N) is 2. The average Bonchev–Trinajstić information content (AvgIpc) is 2.28. The Hall–Kier alpha value is -0.750. The molecule has 0 aromatic carbocycles. The van der Waals surface area contributed by atoms with Crippen molar-refractivity contribution in [2.24, 2.45) is 5.73 Å². The van der Waals surface area contributed by atoms with Crippen LogP contribution in [0.3, 0.4) is 0 Å². The van der Waals surface area contributed by atoms with Crippen LogP contribution in [0.15, 0.2) is 0 Å². The highest BCUT2D eigenvalue weighted by Gasteiger charge is 2.25. The molecule has 1 saturated heterocycles. The first-order chi connectivity index (χ1) is 7.65. The number of piperidine rings is 1. The molecule has 1 unspecified atom stereocenters. The van der Waals surface area contributed by atoms with E-state index in [0.717, 1.165) is 12.2 Å². The van der Waals surface area contributed by atoms with Gasteiger partial charge in [-0.15, -0.1) is 0 Å². The molecule has 0 radical (unpaired) electrons. The van der Waals surface area contributed by atoms with E-state index >= 15 is 0 Å². The fourth-order valence-electron chi connectivity index (χ4n) is 1.56. The first kappa shape index (κ1) is 13.3. The Morgan fingerprint density at radius 2 is 2.50 bits per heavy atom. The maximum absolute atomic E-state index is 11.6. The molecule has 0 saturated carbocycles. The predicted octanol–water partition coefficient (Wildman–Crippen LogP) is -0.538. The van der Waals surface area contributed by atoms with Gasteiger partial charge in [-0.3, -0.25) is 9.59 Å². The van der Waals surface area contributed by atoms with E-state index < -0.39 is 12.1 Å². The van der Waals surface area contributed by atoms with Crippen molar-refractivity contribution in [3.05, 3.63) is 0 Å². The Balaban J connectivity index is 2.34. The summed E-state index contributed by atoms with van der Waals surface area (Å²) in [5.74, 6) is 0.526. The minimum atomic E-state index is -0.512. The molecule has 0 aromatic heterocycles. The number of rotatable bonds is 5. The zero-order valence-electron chi connectivity index (χ0n) is 9.49. The molecule has 2 atom stereocenters. The van der Waals surface area contributed by atoms with Crippen LogP contribution in [0.2, 0.25) is 0 Å². The third-order valence-corrected chi connectivity index (χ3v) is 3.22. The SMILES string of the molecule is CSCC[C@@H](N)C(=O)NC1CCCNC1=O. The Labute approximate surface area is 99.9 Å². The maximum atomic E-state index is 11.6. The van der Waals surface area contributed by atoms with Gasteiger partial charge in [-0.05, 0) is 31.3 Å². The number of carbonyl (C=O) groups excluding carboxylic acids is 2. The van der Waals surface area contributed by atoms with Crippen LogP contribution in [0.1, 0.15) is 19.3 Å². The lowest BCUT2D eigenvalue weighted by atomic mass is 10.1. The lowest BCUT2D eigenvalue weighted by Crippen LogP contribution is -2.54. The molecule has 1 fully saturated rings. The van der Waals surface area contributed by atoms with Gasteiger partial charge in [0.1, 0.15) is 6.04 Å². The summed E-state index contributed by atoms with van der Waals surface area (Å²) in [4.78, 5) is 23.0. The molecule has 2 amide bonds. The highest BCUT2D eigenvalue weighted by molar-refractivity contribution is 7.98. The number of thioether (sulfide) groups is 1. The molecule has 16 heavy (non-hydrogen) atoms. The zero-order chi connectivity index (χ0) is 12.0. The van der Waals surface area contributed by atoms with Crippen molar-refractivity contribution < 1.29 is 9.59 Å². The van der Waals surface area contributed by atoms with E-state index in [9.17, 15) is 9.59 Å². The Kier molecular flexibility index (Phi) is 5.62. The van der Waals surface area contributed by atoms with Gasteiger partial charge in [0.2, 0.25) is 11.8 Å². The normalized spacial score (nSPS) is 22.4. The number of carbonyl (C=O) groups is 2. The smallest absolute Gasteiger partial charge is 0.242 e. The van der Waals surface area contributed by atoms with E-state index in [4.69, 9.17) is 5.73 Å². The maximum Gasteiger partial charge on any atom is 0.242 e. The van der Waals surface area contributed by atoms with Crippen molar-refractivity contribution in [1.29, 1.82) is 0 Å². The van der Waals surface area contributed by atoms with Crippen LogP contribution in [0.4, 0.5) is 0 Å². The second kappa shape index (κ2) is 6.75. The summed E-state index contributed by atoms with van der Waals surface area (Å²) < 4.78 is 0. The first-order valence-corrected chi connectivity index (χ1v) is 6.87. The number of amides is 2. The van der Waals surface area contributed by atoms with Gasteiger partial charge in [0, 0.05) is 6.54 Å². The van der Waals surface area contributed by atoms with E-state index in [0.29, 0.717) is 19.4 Å². The van der Waals surface area contributed by atoms with Gasteiger partial charge in [-0.1, -0.05) is 0 Å². The lowest BCUT2D eigenvalue weighted by molar-refractivity contribution is -0.130. The summed E-state index contributed by atoms with van der Waals surface area (Å²) >= 11 is 1.65. The highest BCUT2D eigenvalue weighted by Crippen LogP contribution is 2.04. The van der Waals surface area contributed by atoms with Crippen LogP contribution in [-0.4, -0.2) is 42.5 Å². The summed E-state index contributed by atoms with van der Waals surface area (Å²) in [6.45, 7) is 0.698. The molecule has 1 aliphatic rings. The van der Waals surface area contributed by atoms with Crippen LogP contribution < -0.4 is 16.4 Å². The molecule has 0 spiro atoms. The average molecular weight is 245 g/mol. The van der Waals surface area contributed by atoms with Crippen LogP contribution >= 0.6 is 11.8 Å². The van der Waals surface area contributed by atoms with Crippen molar-refractivity contribution in [3.8, 4) is 0 Å². The van der Waals surface area contributed by atoms with Crippen molar-refractivity contribution >= 4 is 23.6 Å². The molecule has 1 heterocycles. The fraction of sp³-hybridized carbons (Fsp3) is 0.800. The lowest BCUT2D eigenvalue weighted by Gasteiger charge is -2.24. The van der Waals surface area contributed by atoms with Gasteiger partial charge >= 0.3 is 0 Å². The summed E-state index contributed by atoms with van der Waals surface area (Å²) in [5.41, 5.74) is 5.71. The van der Waals surface area contributed by atoms with Crippen molar-refractivity contribution in [1.82, 2.24) is 10.6 Å². The molecule has 0 aliphatic carbocycles. The third kappa shape index (κ3) is 4.02. The zero-order valence-corrected chi connectivity index (χ0v) is 10.3. The Morgan fingerprint density at radius 3 is 3.12 bits per heavy atom. The topological polar surface area (TPSA) is 84.2 Å². The molecule has 6 heteroatoms. The van der Waals surface area contributed by atoms with Crippen molar-refractivity contribution in [2.75, 3.05) is 18.6 Å². The van der Waals surface area contributed by atoms with E-state index in [1.54, 1.807) is 11.8 Å². The second-order valence-corrected chi connectivity index (χ2v) is 4.87. The molecule has 0 bridgehead atoms. The molecular formula is C10H19N3O2S. The van der Waals surface area contributed by atoms with E-state index in [1.807, 2.05) is 6.26 Å². The molecule has 4 N–H and O–H groups in total. The molecular weight excluding hydrogens is 226 g/mol. The van der Waals surface area contributed by atoms with Crippen LogP contribution in [0.5, 0.6) is 0 Å². The third-order valence-electron chi connectivity index (χ3n) is 2.57. The van der Waals surface area contributed by atoms with Crippen LogP contribution in [0.25, 0.3) is 0 Å². The largest absolute Gasteiger partial charge is 0.354 e. The molecule has 5 nitrogen and oxygen atoms in total. The van der Waals surface area contributed by atoms with Gasteiger partial charge < -0.3 is 16.4 Å². The second-order valence-electron chi connectivity index (χ2n) is 3.88. The minimum absolute atomic E-state index is 0.100. The number of nitrogens with two attached hydrogens (primary N) is 1. The van der Waals surface area contributed by atoms with Gasteiger partial charge in [0.15, 0.2) is 0 Å². The van der Waals surface area contributed by atoms with Gasteiger partial charge in [-0.25, -0.2) is 0 Å². The quantitative estimate of drug-likeness (QED) is 0.607. The number of hydrogen-bond acceptors (Lipinski definition) is 4. The summed E-state index contributed by atoms with van der Waals surface area (Å²) in [6, 6.07) is -0.913. The first-order valence-electron chi connectivity index (χ1n) is 5.47. The van der Waals surface area contributed by atoms with Gasteiger partial charge in [0.05, 0.1) is 6.04 Å². The van der Waals surface area contributed by atoms with Crippen molar-refractivity contribution in [2.45, 2.75) is 31.3 Å². The standard InChI is InChI=1S/C10H19N3O2S/c1-16-6-4-7(11)9(14)13-8-3-2-5-12-10(8)15/h7-8H,2-6,11H2,1H3,(H,12,15)(H,13,14)/t7-,8?/m1/s1. The number of hydrogen-bond donors (Lipinski definition) is 3. The fourth-order valence-corrected chi connectivity index (χ4v) is 2.05. The monoisotopic (exact) mass is 245 g/mol. The van der Waals surface area contributed by atoms with Crippen LogP contribution in [0, 0.1) is 0 Å². The Morgan fingerprint density at radius 1 is 1.75 bits per heavy atom. The molecule has 92 valence electrons. The molecule has 0 aromatic rings. The summed E-state index contributed by atoms with van der Waals surface area (Å²) in [7, 11) is 0. The Bertz CT molecular complexity index is 260. The van der Waals surface area contributed by atoms with Gasteiger partial charge in [-0.2, -0.15) is 11.8 Å². The molecule has 1 rings (SSSR count). The summed E-state index contributed by atoms with van der Waals surface area (Å²) in [5, 5.41) is 5.41.